The molecule has 0 radical (unpaired) electrons. The number of halogens is 1. The largest absolute Gasteiger partial charge is 0.480 e. The Morgan fingerprint density at radius 3 is 2.50 bits per heavy atom. The molecule has 2 rings (SSSR count). The predicted molar refractivity (Wildman–Crippen MR) is 92.1 cm³/mol. The number of hydrogen-bond acceptors (Lipinski definition) is 3. The second-order valence-corrected chi connectivity index (χ2v) is 6.96. The van der Waals surface area contributed by atoms with Gasteiger partial charge in [-0.05, 0) is 61.7 Å². The lowest BCUT2D eigenvalue weighted by atomic mass is 10.0. The molecule has 1 fully saturated rings. The highest BCUT2D eigenvalue weighted by Gasteiger charge is 2.24. The van der Waals surface area contributed by atoms with E-state index in [1.165, 1.54) is 0 Å². The van der Waals surface area contributed by atoms with Gasteiger partial charge in [-0.15, -0.1) is 0 Å². The maximum absolute atomic E-state index is 12.3. The van der Waals surface area contributed by atoms with Gasteiger partial charge in [-0.2, -0.15) is 0 Å². The Morgan fingerprint density at radius 1 is 1.27 bits per heavy atom. The molecule has 1 atom stereocenters. The molecule has 0 aliphatic carbocycles. The lowest BCUT2D eigenvalue weighted by molar-refractivity contribution is -0.128. The second kappa shape index (κ2) is 7.97. The summed E-state index contributed by atoms with van der Waals surface area (Å²) in [5.74, 6) is 0.651. The number of nitrogens with zero attached hydrogens (tertiary/aromatic N) is 1. The number of ether oxygens (including phenoxy) is 1. The van der Waals surface area contributed by atoms with Gasteiger partial charge in [0.05, 0.1) is 4.47 Å². The number of rotatable bonds is 5. The quantitative estimate of drug-likeness (QED) is 0.867. The van der Waals surface area contributed by atoms with E-state index < -0.39 is 6.10 Å². The van der Waals surface area contributed by atoms with Crippen molar-refractivity contribution in [2.75, 3.05) is 13.1 Å². The number of carbonyl (C=O) groups is 1. The minimum Gasteiger partial charge on any atom is -0.480 e. The molecule has 1 heterocycles. The van der Waals surface area contributed by atoms with E-state index in [-0.39, 0.29) is 11.9 Å². The molecule has 1 N–H and O–H groups in total. The summed E-state index contributed by atoms with van der Waals surface area (Å²) in [6.45, 7) is 8.31. The van der Waals surface area contributed by atoms with E-state index in [9.17, 15) is 4.79 Å². The number of carbonyl (C=O) groups excluding carboxylic acids is 1. The summed E-state index contributed by atoms with van der Waals surface area (Å²) in [7, 11) is 0. The minimum atomic E-state index is -0.498. The normalized spacial score (nSPS) is 18.2. The van der Waals surface area contributed by atoms with Crippen molar-refractivity contribution >= 4 is 21.8 Å². The van der Waals surface area contributed by atoms with Crippen LogP contribution >= 0.6 is 15.9 Å². The van der Waals surface area contributed by atoms with Gasteiger partial charge in [-0.3, -0.25) is 4.79 Å². The molecule has 1 amide bonds. The van der Waals surface area contributed by atoms with Gasteiger partial charge in [0.1, 0.15) is 5.75 Å². The molecule has 0 unspecified atom stereocenters. The number of amides is 1. The van der Waals surface area contributed by atoms with Gasteiger partial charge < -0.3 is 15.0 Å². The molecular weight excluding hydrogens is 344 g/mol. The van der Waals surface area contributed by atoms with Crippen molar-refractivity contribution in [3.63, 3.8) is 0 Å². The number of para-hydroxylation sites is 1. The van der Waals surface area contributed by atoms with Crippen LogP contribution in [0.25, 0.3) is 0 Å². The van der Waals surface area contributed by atoms with Crippen molar-refractivity contribution in [1.82, 2.24) is 10.2 Å². The van der Waals surface area contributed by atoms with Crippen LogP contribution in [0.2, 0.25) is 0 Å². The summed E-state index contributed by atoms with van der Waals surface area (Å²) in [5.41, 5.74) is 0. The van der Waals surface area contributed by atoms with Gasteiger partial charge in [-0.25, -0.2) is 0 Å². The second-order valence-electron chi connectivity index (χ2n) is 6.10. The fourth-order valence-electron chi connectivity index (χ4n) is 2.66. The fraction of sp³-hybridized carbons (Fsp3) is 0.588. The first-order valence-electron chi connectivity index (χ1n) is 7.93. The number of piperidine rings is 1. The van der Waals surface area contributed by atoms with E-state index in [0.717, 1.165) is 30.4 Å². The third-order valence-corrected chi connectivity index (χ3v) is 4.77. The molecule has 1 aliphatic heterocycles. The molecule has 122 valence electrons. The van der Waals surface area contributed by atoms with Crippen LogP contribution in [-0.4, -0.2) is 42.1 Å². The van der Waals surface area contributed by atoms with Gasteiger partial charge in [0.2, 0.25) is 0 Å². The molecule has 22 heavy (non-hydrogen) atoms. The van der Waals surface area contributed by atoms with Gasteiger partial charge >= 0.3 is 0 Å². The number of nitrogens with one attached hydrogen (secondary N) is 1. The molecule has 1 aromatic rings. The third-order valence-electron chi connectivity index (χ3n) is 4.12. The standard InChI is InChI=1S/C17H25BrN2O2/c1-12(2)20-10-8-14(9-11-20)19-17(21)13(3)22-16-7-5-4-6-15(16)18/h4-7,12-14H,8-11H2,1-3H3,(H,19,21)/t13-/m0/s1. The SMILES string of the molecule is CC(C)N1CCC(NC(=O)[C@H](C)Oc2ccccc2Br)CC1. The van der Waals surface area contributed by atoms with Crippen LogP contribution in [-0.2, 0) is 4.79 Å². The van der Waals surface area contributed by atoms with E-state index in [2.05, 4.69) is 40.0 Å². The molecule has 1 aromatic carbocycles. The molecule has 1 saturated heterocycles. The summed E-state index contributed by atoms with van der Waals surface area (Å²) >= 11 is 3.43. The third kappa shape index (κ3) is 4.71. The summed E-state index contributed by atoms with van der Waals surface area (Å²) in [4.78, 5) is 14.7. The van der Waals surface area contributed by atoms with E-state index in [1.54, 1.807) is 6.92 Å². The topological polar surface area (TPSA) is 41.6 Å². The lowest BCUT2D eigenvalue weighted by Crippen LogP contribution is -2.49. The number of likely N-dealkylation sites (tertiary alicyclic amines) is 1. The summed E-state index contributed by atoms with van der Waals surface area (Å²) in [5, 5.41) is 3.11. The predicted octanol–water partition coefficient (Wildman–Crippen LogP) is 3.21. The lowest BCUT2D eigenvalue weighted by Gasteiger charge is -2.35. The highest BCUT2D eigenvalue weighted by molar-refractivity contribution is 9.10. The van der Waals surface area contributed by atoms with Crippen LogP contribution in [0, 0.1) is 0 Å². The molecule has 0 spiro atoms. The van der Waals surface area contributed by atoms with Crippen LogP contribution in [0.15, 0.2) is 28.7 Å². The Morgan fingerprint density at radius 2 is 1.91 bits per heavy atom. The van der Waals surface area contributed by atoms with E-state index in [1.807, 2.05) is 24.3 Å². The Labute approximate surface area is 141 Å². The maximum atomic E-state index is 12.3. The van der Waals surface area contributed by atoms with E-state index in [0.29, 0.717) is 11.8 Å². The van der Waals surface area contributed by atoms with Crippen LogP contribution in [0.5, 0.6) is 5.75 Å². The first-order chi connectivity index (χ1) is 10.5. The molecule has 1 aliphatic rings. The molecular formula is C17H25BrN2O2. The van der Waals surface area contributed by atoms with Crippen molar-refractivity contribution in [2.45, 2.75) is 51.8 Å². The first-order valence-corrected chi connectivity index (χ1v) is 8.72. The number of hydrogen-bond donors (Lipinski definition) is 1. The van der Waals surface area contributed by atoms with Crippen molar-refractivity contribution in [3.8, 4) is 5.75 Å². The molecule has 5 heteroatoms. The highest BCUT2D eigenvalue weighted by atomic mass is 79.9. The van der Waals surface area contributed by atoms with Crippen LogP contribution in [0.1, 0.15) is 33.6 Å². The Bertz CT molecular complexity index is 499. The van der Waals surface area contributed by atoms with Crippen molar-refractivity contribution < 1.29 is 9.53 Å². The zero-order valence-corrected chi connectivity index (χ0v) is 15.1. The zero-order chi connectivity index (χ0) is 16.1. The average molecular weight is 369 g/mol. The van der Waals surface area contributed by atoms with Crippen LogP contribution in [0.4, 0.5) is 0 Å². The van der Waals surface area contributed by atoms with Gasteiger partial charge in [0, 0.05) is 25.2 Å². The summed E-state index contributed by atoms with van der Waals surface area (Å²) in [6.07, 6.45) is 1.51. The number of benzene rings is 1. The highest BCUT2D eigenvalue weighted by Crippen LogP contribution is 2.25. The van der Waals surface area contributed by atoms with Gasteiger partial charge in [0.25, 0.3) is 5.91 Å². The van der Waals surface area contributed by atoms with Gasteiger partial charge in [-0.1, -0.05) is 12.1 Å². The van der Waals surface area contributed by atoms with Crippen LogP contribution in [0.3, 0.4) is 0 Å². The van der Waals surface area contributed by atoms with E-state index >= 15 is 0 Å². The molecule has 0 bridgehead atoms. The molecule has 4 nitrogen and oxygen atoms in total. The Balaban J connectivity index is 1.81. The first kappa shape index (κ1) is 17.3. The Kier molecular flexibility index (Phi) is 6.26. The van der Waals surface area contributed by atoms with Crippen molar-refractivity contribution in [1.29, 1.82) is 0 Å². The average Bonchev–Trinajstić information content (AvgIpc) is 2.50. The molecule has 0 saturated carbocycles. The molecule has 0 aromatic heterocycles. The maximum Gasteiger partial charge on any atom is 0.260 e. The smallest absolute Gasteiger partial charge is 0.260 e. The van der Waals surface area contributed by atoms with Crippen molar-refractivity contribution in [2.24, 2.45) is 0 Å². The van der Waals surface area contributed by atoms with E-state index in [4.69, 9.17) is 4.74 Å². The summed E-state index contributed by atoms with van der Waals surface area (Å²) in [6, 6.07) is 8.41. The monoisotopic (exact) mass is 368 g/mol. The zero-order valence-electron chi connectivity index (χ0n) is 13.5. The summed E-state index contributed by atoms with van der Waals surface area (Å²) < 4.78 is 6.60. The van der Waals surface area contributed by atoms with Gasteiger partial charge in [0.15, 0.2) is 6.10 Å². The minimum absolute atomic E-state index is 0.0428. The van der Waals surface area contributed by atoms with Crippen molar-refractivity contribution in [3.05, 3.63) is 28.7 Å². The fourth-order valence-corrected chi connectivity index (χ4v) is 3.04. The van der Waals surface area contributed by atoms with Crippen LogP contribution < -0.4 is 10.1 Å². The Hall–Kier alpha value is -1.07.